The molecule has 1 aliphatic heterocycles. The Bertz CT molecular complexity index is 923. The summed E-state index contributed by atoms with van der Waals surface area (Å²) in [4.78, 5) is 12.4. The van der Waals surface area contributed by atoms with Gasteiger partial charge >= 0.3 is 0 Å². The maximum Gasteiger partial charge on any atom is 0.284 e. The van der Waals surface area contributed by atoms with Crippen LogP contribution in [0.2, 0.25) is 0 Å². The molecule has 3 aromatic rings. The molecule has 1 aromatic heterocycles. The predicted molar refractivity (Wildman–Crippen MR) is 89.0 cm³/mol. The van der Waals surface area contributed by atoms with E-state index in [1.165, 1.54) is 0 Å². The van der Waals surface area contributed by atoms with Crippen molar-refractivity contribution in [2.45, 2.75) is 5.22 Å². The number of nitrogens with zero attached hydrogens (tertiary/aromatic N) is 2. The van der Waals surface area contributed by atoms with E-state index in [-0.39, 0.29) is 17.1 Å². The fourth-order valence-electron chi connectivity index (χ4n) is 2.26. The number of benzene rings is 2. The van der Waals surface area contributed by atoms with E-state index < -0.39 is 0 Å². The second kappa shape index (κ2) is 6.48. The molecule has 0 bridgehead atoms. The molecule has 2 heterocycles. The summed E-state index contributed by atoms with van der Waals surface area (Å²) in [7, 11) is 1.60. The molecule has 8 heteroatoms. The number of rotatable bonds is 4. The van der Waals surface area contributed by atoms with Crippen molar-refractivity contribution < 1.29 is 23.4 Å². The van der Waals surface area contributed by atoms with Crippen molar-refractivity contribution in [3.05, 3.63) is 48.0 Å². The average Bonchev–Trinajstić information content (AvgIpc) is 3.30. The molecule has 1 aliphatic rings. The van der Waals surface area contributed by atoms with E-state index in [0.717, 1.165) is 23.1 Å². The fraction of sp³-hybridized carbons (Fsp3) is 0.118. The van der Waals surface area contributed by atoms with Gasteiger partial charge in [0.15, 0.2) is 11.5 Å². The van der Waals surface area contributed by atoms with E-state index in [1.807, 2.05) is 0 Å². The van der Waals surface area contributed by atoms with Crippen molar-refractivity contribution >= 4 is 16.9 Å². The number of hydrogen-bond acceptors (Lipinski definition) is 8. The number of carbonyl (C=O) groups is 1. The third-order valence-corrected chi connectivity index (χ3v) is 4.29. The van der Waals surface area contributed by atoms with Gasteiger partial charge in [-0.3, -0.25) is 4.79 Å². The third kappa shape index (κ3) is 3.16. The summed E-state index contributed by atoms with van der Waals surface area (Å²) in [6, 6.07) is 12.2. The maximum absolute atomic E-state index is 12.4. The lowest BCUT2D eigenvalue weighted by Crippen LogP contribution is -1.94. The van der Waals surface area contributed by atoms with Crippen LogP contribution in [0.25, 0.3) is 11.5 Å². The monoisotopic (exact) mass is 356 g/mol. The summed E-state index contributed by atoms with van der Waals surface area (Å²) in [5.74, 6) is 2.25. The van der Waals surface area contributed by atoms with Gasteiger partial charge in [0.05, 0.1) is 7.11 Å². The minimum Gasteiger partial charge on any atom is -0.497 e. The quantitative estimate of drug-likeness (QED) is 0.658. The van der Waals surface area contributed by atoms with Crippen molar-refractivity contribution in [1.29, 1.82) is 0 Å². The summed E-state index contributed by atoms with van der Waals surface area (Å²) < 4.78 is 21.2. The van der Waals surface area contributed by atoms with Crippen molar-refractivity contribution in [2.24, 2.45) is 0 Å². The zero-order valence-electron chi connectivity index (χ0n) is 13.1. The number of ether oxygens (including phenoxy) is 3. The fourth-order valence-corrected chi connectivity index (χ4v) is 2.87. The minimum absolute atomic E-state index is 0.162. The minimum atomic E-state index is -0.219. The van der Waals surface area contributed by atoms with Crippen LogP contribution in [0.5, 0.6) is 17.2 Å². The highest BCUT2D eigenvalue weighted by Gasteiger charge is 2.19. The van der Waals surface area contributed by atoms with E-state index in [2.05, 4.69) is 10.2 Å². The normalized spacial score (nSPS) is 12.2. The Morgan fingerprint density at radius 1 is 1.08 bits per heavy atom. The van der Waals surface area contributed by atoms with Crippen LogP contribution in [0.3, 0.4) is 0 Å². The van der Waals surface area contributed by atoms with Gasteiger partial charge in [0.2, 0.25) is 17.8 Å². The number of fused-ring (bicyclic) bond motifs is 1. The van der Waals surface area contributed by atoms with Gasteiger partial charge in [-0.25, -0.2) is 0 Å². The van der Waals surface area contributed by atoms with Gasteiger partial charge in [-0.15, -0.1) is 10.2 Å². The van der Waals surface area contributed by atoms with Crippen molar-refractivity contribution in [3.63, 3.8) is 0 Å². The number of carbonyl (C=O) groups excluding carboxylic acids is 1. The summed E-state index contributed by atoms with van der Waals surface area (Å²) in [6.45, 7) is 0.162. The Balaban J connectivity index is 1.49. The summed E-state index contributed by atoms with van der Waals surface area (Å²) >= 11 is 0.865. The standard InChI is InChI=1S/C17H12N2O5S/c1-21-12-5-2-10(3-6-12)15-18-19-17(24-15)25-16(20)11-4-7-13-14(8-11)23-9-22-13/h2-8H,9H2,1H3. The van der Waals surface area contributed by atoms with Crippen LogP contribution in [0.1, 0.15) is 10.4 Å². The van der Waals surface area contributed by atoms with Gasteiger partial charge in [-0.1, -0.05) is 0 Å². The molecule has 7 nitrogen and oxygen atoms in total. The highest BCUT2D eigenvalue weighted by molar-refractivity contribution is 8.14. The van der Waals surface area contributed by atoms with Gasteiger partial charge in [-0.05, 0) is 42.5 Å². The van der Waals surface area contributed by atoms with E-state index in [4.69, 9.17) is 18.6 Å². The number of thioether (sulfide) groups is 1. The largest absolute Gasteiger partial charge is 0.497 e. The molecule has 25 heavy (non-hydrogen) atoms. The summed E-state index contributed by atoms with van der Waals surface area (Å²) in [6.07, 6.45) is 0. The second-order valence-electron chi connectivity index (χ2n) is 5.06. The van der Waals surface area contributed by atoms with Crippen LogP contribution >= 0.6 is 11.8 Å². The molecule has 126 valence electrons. The molecule has 2 aromatic carbocycles. The van der Waals surface area contributed by atoms with Gasteiger partial charge < -0.3 is 18.6 Å². The molecule has 0 saturated carbocycles. The van der Waals surface area contributed by atoms with Gasteiger partial charge in [-0.2, -0.15) is 0 Å². The molecule has 0 spiro atoms. The average molecular weight is 356 g/mol. The molecule has 4 rings (SSSR count). The van der Waals surface area contributed by atoms with Gasteiger partial charge in [0, 0.05) is 22.9 Å². The van der Waals surface area contributed by atoms with Crippen molar-refractivity contribution in [1.82, 2.24) is 10.2 Å². The summed E-state index contributed by atoms with van der Waals surface area (Å²) in [5.41, 5.74) is 1.22. The zero-order valence-corrected chi connectivity index (χ0v) is 13.9. The Labute approximate surface area is 146 Å². The molecule has 0 amide bonds. The lowest BCUT2D eigenvalue weighted by atomic mass is 10.2. The number of aromatic nitrogens is 2. The van der Waals surface area contributed by atoms with Gasteiger partial charge in [0.1, 0.15) is 5.75 Å². The smallest absolute Gasteiger partial charge is 0.284 e. The molecule has 0 unspecified atom stereocenters. The first-order valence-corrected chi connectivity index (χ1v) is 8.14. The molecule has 0 atom stereocenters. The highest BCUT2D eigenvalue weighted by atomic mass is 32.2. The van der Waals surface area contributed by atoms with Crippen LogP contribution < -0.4 is 14.2 Å². The topological polar surface area (TPSA) is 83.7 Å². The Kier molecular flexibility index (Phi) is 4.02. The lowest BCUT2D eigenvalue weighted by Gasteiger charge is -2.00. The molecule has 0 radical (unpaired) electrons. The first-order chi connectivity index (χ1) is 12.2. The maximum atomic E-state index is 12.4. The number of methoxy groups -OCH3 is 1. The van der Waals surface area contributed by atoms with Crippen molar-refractivity contribution in [2.75, 3.05) is 13.9 Å². The van der Waals surface area contributed by atoms with E-state index in [9.17, 15) is 4.79 Å². The molecule has 0 saturated heterocycles. The highest BCUT2D eigenvalue weighted by Crippen LogP contribution is 2.34. The van der Waals surface area contributed by atoms with Crippen molar-refractivity contribution in [3.8, 4) is 28.7 Å². The van der Waals surface area contributed by atoms with Crippen LogP contribution in [-0.2, 0) is 0 Å². The van der Waals surface area contributed by atoms with Gasteiger partial charge in [0.25, 0.3) is 5.22 Å². The lowest BCUT2D eigenvalue weighted by molar-refractivity contribution is 0.108. The third-order valence-electron chi connectivity index (χ3n) is 3.53. The molecule has 0 aliphatic carbocycles. The number of hydrogen-bond donors (Lipinski definition) is 0. The molecular formula is C17H12N2O5S. The van der Waals surface area contributed by atoms with E-state index in [0.29, 0.717) is 23.0 Å². The predicted octanol–water partition coefficient (Wildman–Crippen LogP) is 3.41. The first-order valence-electron chi connectivity index (χ1n) is 7.33. The van der Waals surface area contributed by atoms with E-state index >= 15 is 0 Å². The Morgan fingerprint density at radius 2 is 1.88 bits per heavy atom. The van der Waals surface area contributed by atoms with Crippen LogP contribution in [0.15, 0.2) is 52.1 Å². The second-order valence-corrected chi connectivity index (χ2v) is 5.98. The zero-order chi connectivity index (χ0) is 17.2. The Hall–Kier alpha value is -3.00. The Morgan fingerprint density at radius 3 is 2.68 bits per heavy atom. The van der Waals surface area contributed by atoms with Crippen LogP contribution in [-0.4, -0.2) is 29.2 Å². The first kappa shape index (κ1) is 15.5. The van der Waals surface area contributed by atoms with E-state index in [1.54, 1.807) is 49.6 Å². The molecular weight excluding hydrogens is 344 g/mol. The summed E-state index contributed by atoms with van der Waals surface area (Å²) in [5, 5.41) is 7.84. The molecule has 0 fully saturated rings. The van der Waals surface area contributed by atoms with Crippen LogP contribution in [0, 0.1) is 0 Å². The molecule has 0 N–H and O–H groups in total. The SMILES string of the molecule is COc1ccc(-c2nnc(SC(=O)c3ccc4c(c3)OCO4)o2)cc1. The van der Waals surface area contributed by atoms with Crippen LogP contribution in [0.4, 0.5) is 0 Å².